The summed E-state index contributed by atoms with van der Waals surface area (Å²) in [5, 5.41) is 49.9. The molecular weight excluding hydrogens is 726 g/mol. The molecule has 4 heterocycles. The number of halogens is 3. The first-order chi connectivity index (χ1) is 23.2. The number of amides is 3. The number of carbonyl (C=O) groups is 5. The Balaban J connectivity index is 1.26. The van der Waals surface area contributed by atoms with E-state index in [1.54, 1.807) is 5.32 Å². The fraction of sp³-hybridized carbons (Fsp3) is 0.542. The van der Waals surface area contributed by atoms with Crippen LogP contribution in [0.5, 0.6) is 0 Å². The van der Waals surface area contributed by atoms with E-state index in [9.17, 15) is 42.3 Å². The summed E-state index contributed by atoms with van der Waals surface area (Å²) in [6, 6.07) is -1.11. The van der Waals surface area contributed by atoms with Gasteiger partial charge in [-0.25, -0.2) is 14.5 Å². The van der Waals surface area contributed by atoms with Gasteiger partial charge in [0.15, 0.2) is 16.6 Å². The van der Waals surface area contributed by atoms with Crippen LogP contribution in [0.1, 0.15) is 31.4 Å². The highest BCUT2D eigenvalue weighted by atomic mass is 32.2. The molecule has 0 aromatic carbocycles. The molecule has 3 atom stereocenters. The third kappa shape index (κ3) is 7.87. The summed E-state index contributed by atoms with van der Waals surface area (Å²) >= 11 is 2.59. The summed E-state index contributed by atoms with van der Waals surface area (Å²) in [4.78, 5) is 72.3. The number of carboxylic acid groups (broad SMARTS) is 2. The van der Waals surface area contributed by atoms with E-state index in [1.165, 1.54) is 10.3 Å². The van der Waals surface area contributed by atoms with Crippen molar-refractivity contribution in [2.24, 2.45) is 15.7 Å². The lowest BCUT2D eigenvalue weighted by atomic mass is 9.89. The molecular formula is C24H25F3N10O9S3. The lowest BCUT2D eigenvalue weighted by Crippen LogP contribution is -2.74. The molecule has 1 aliphatic carbocycles. The van der Waals surface area contributed by atoms with Gasteiger partial charge in [0.25, 0.3) is 5.91 Å². The molecule has 19 nitrogen and oxygen atoms in total. The summed E-state index contributed by atoms with van der Waals surface area (Å²) < 4.78 is 39.2. The summed E-state index contributed by atoms with van der Waals surface area (Å²) in [7, 11) is 0. The molecule has 264 valence electrons. The van der Waals surface area contributed by atoms with E-state index in [4.69, 9.17) is 15.2 Å². The van der Waals surface area contributed by atoms with Crippen molar-refractivity contribution in [1.29, 1.82) is 0 Å². The van der Waals surface area contributed by atoms with Crippen molar-refractivity contribution in [3.63, 3.8) is 0 Å². The van der Waals surface area contributed by atoms with Crippen molar-refractivity contribution < 1.29 is 57.4 Å². The number of aliphatic carboxylic acids is 2. The minimum Gasteiger partial charge on any atom is -0.481 e. The molecule has 3 amide bonds. The van der Waals surface area contributed by atoms with Crippen LogP contribution >= 0.6 is 34.9 Å². The molecule has 0 radical (unpaired) electrons. The number of fused-ring (bicyclic) bond motifs is 1. The zero-order valence-corrected chi connectivity index (χ0v) is 27.1. The van der Waals surface area contributed by atoms with E-state index in [0.29, 0.717) is 24.2 Å². The molecule has 5 rings (SSSR count). The number of thiazole rings is 1. The molecule has 5 N–H and O–H groups in total. The molecule has 3 fully saturated rings. The molecule has 0 bridgehead atoms. The Morgan fingerprint density at radius 3 is 2.59 bits per heavy atom. The zero-order chi connectivity index (χ0) is 35.5. The Morgan fingerprint density at radius 2 is 1.94 bits per heavy atom. The number of β-lactam (4-membered cyclic amide) rings is 1. The maximum absolute atomic E-state index is 13.4. The van der Waals surface area contributed by atoms with Crippen LogP contribution in [0.3, 0.4) is 0 Å². The van der Waals surface area contributed by atoms with E-state index in [0.717, 1.165) is 41.0 Å². The molecule has 1 saturated carbocycles. The van der Waals surface area contributed by atoms with Crippen LogP contribution in [-0.2, 0) is 35.4 Å². The number of aromatic nitrogens is 5. The van der Waals surface area contributed by atoms with Gasteiger partial charge in [0, 0.05) is 23.4 Å². The number of hydrogen-bond acceptors (Lipinski definition) is 16. The molecule has 2 unspecified atom stereocenters. The number of thioether (sulfide) groups is 2. The third-order valence-electron chi connectivity index (χ3n) is 7.56. The predicted molar refractivity (Wildman–Crippen MR) is 162 cm³/mol. The second kappa shape index (κ2) is 14.5. The second-order valence-corrected chi connectivity index (χ2v) is 13.8. The number of nitrogens with zero attached hydrogens (tertiary/aromatic N) is 8. The van der Waals surface area contributed by atoms with Gasteiger partial charge >= 0.3 is 24.0 Å². The molecule has 2 aromatic rings. The number of tetrazole rings is 1. The topological polar surface area (TPSA) is 264 Å². The Kier molecular flexibility index (Phi) is 10.6. The van der Waals surface area contributed by atoms with Gasteiger partial charge in [0.1, 0.15) is 28.6 Å². The van der Waals surface area contributed by atoms with Crippen LogP contribution in [0.4, 0.5) is 18.3 Å². The quantitative estimate of drug-likeness (QED) is 0.0613. The van der Waals surface area contributed by atoms with Gasteiger partial charge in [0.05, 0.1) is 6.54 Å². The van der Waals surface area contributed by atoms with Crippen LogP contribution in [0.2, 0.25) is 0 Å². The minimum absolute atomic E-state index is 0.0176. The zero-order valence-electron chi connectivity index (χ0n) is 24.7. The van der Waals surface area contributed by atoms with Crippen molar-refractivity contribution in [3.05, 3.63) is 11.1 Å². The smallest absolute Gasteiger partial charge is 0.471 e. The number of hydrogen-bond donors (Lipinski definition) is 5. The first kappa shape index (κ1) is 35.8. The van der Waals surface area contributed by atoms with E-state index < -0.39 is 75.8 Å². The molecule has 49 heavy (non-hydrogen) atoms. The van der Waals surface area contributed by atoms with Crippen LogP contribution in [0, 0.1) is 5.41 Å². The first-order valence-corrected chi connectivity index (χ1v) is 17.0. The summed E-state index contributed by atoms with van der Waals surface area (Å²) in [5.74, 6) is -6.71. The highest BCUT2D eigenvalue weighted by Gasteiger charge is 2.57. The van der Waals surface area contributed by atoms with E-state index in [-0.39, 0.29) is 35.0 Å². The first-order valence-electron chi connectivity index (χ1n) is 14.1. The van der Waals surface area contributed by atoms with Gasteiger partial charge in [-0.2, -0.15) is 13.2 Å². The van der Waals surface area contributed by atoms with Crippen molar-refractivity contribution >= 4 is 81.1 Å². The molecule has 25 heteroatoms. The number of carboxylic acids is 2. The van der Waals surface area contributed by atoms with Gasteiger partial charge < -0.3 is 30.5 Å². The molecule has 2 aliphatic heterocycles. The normalized spacial score (nSPS) is 23.1. The second-order valence-electron chi connectivity index (χ2n) is 10.9. The van der Waals surface area contributed by atoms with E-state index >= 15 is 0 Å². The summed E-state index contributed by atoms with van der Waals surface area (Å²) in [5.41, 5.74) is -2.82. The van der Waals surface area contributed by atoms with Crippen molar-refractivity contribution in [2.45, 2.75) is 61.1 Å². The maximum Gasteiger partial charge on any atom is 0.471 e. The number of alkyl halides is 3. The summed E-state index contributed by atoms with van der Waals surface area (Å²) in [6.07, 6.45) is -2.42. The van der Waals surface area contributed by atoms with Crippen LogP contribution in [0.25, 0.3) is 0 Å². The average molecular weight is 751 g/mol. The average Bonchev–Trinajstić information content (AvgIpc) is 3.84. The third-order valence-corrected chi connectivity index (χ3v) is 11.2. The minimum atomic E-state index is -5.17. The van der Waals surface area contributed by atoms with Gasteiger partial charge in [-0.3, -0.25) is 24.5 Å². The Bertz CT molecular complexity index is 1700. The Hall–Kier alpha value is -4.52. The largest absolute Gasteiger partial charge is 0.481 e. The van der Waals surface area contributed by atoms with Crippen molar-refractivity contribution in [2.75, 3.05) is 23.4 Å². The maximum atomic E-state index is 13.4. The highest BCUT2D eigenvalue weighted by molar-refractivity contribution is 8.00. The van der Waals surface area contributed by atoms with Crippen LogP contribution < -0.4 is 10.6 Å². The van der Waals surface area contributed by atoms with Crippen molar-refractivity contribution in [3.8, 4) is 0 Å². The molecule has 2 aromatic heterocycles. The van der Waals surface area contributed by atoms with E-state index in [1.807, 2.05) is 0 Å². The van der Waals surface area contributed by atoms with Crippen LogP contribution in [-0.4, -0.2) is 128 Å². The number of oxime groups is 2. The predicted octanol–water partition coefficient (Wildman–Crippen LogP) is 0.472. The Morgan fingerprint density at radius 1 is 1.20 bits per heavy atom. The van der Waals surface area contributed by atoms with Crippen LogP contribution in [0.15, 0.2) is 20.8 Å². The monoisotopic (exact) mass is 750 g/mol. The fourth-order valence-electron chi connectivity index (χ4n) is 4.93. The standard InChI is InChI=1S/C24H25F3N10O9S3/c25-24(26,27)19(42)30-21-28-12(6-47-21)13(33-46-10-3-1-2-4-10)15(38)29-14-16(39)36-7-23(20(43)44,8-48-17(14)36)9-49-22-31-34-35-37(22)5-11(32-45)18(40)41/h6,10,14,17,45H,1-5,7-9H2,(H,29,38)(H,40,41)(H,43,44)(H,28,30,42)/t14?,17-,23?/m1/s1. The van der Waals surface area contributed by atoms with Gasteiger partial charge in [-0.1, -0.05) is 22.1 Å². The lowest BCUT2D eigenvalue weighted by molar-refractivity contribution is -0.167. The summed E-state index contributed by atoms with van der Waals surface area (Å²) in [6.45, 7) is -0.760. The number of nitrogens with one attached hydrogen (secondary N) is 2. The Labute approximate surface area is 284 Å². The molecule has 2 saturated heterocycles. The van der Waals surface area contributed by atoms with Crippen molar-refractivity contribution in [1.82, 2.24) is 35.4 Å². The van der Waals surface area contributed by atoms with Gasteiger partial charge in [-0.05, 0) is 36.1 Å². The molecule has 0 spiro atoms. The SMILES string of the molecule is O=C(O)C(Cn1nnnc1SCC1(C(=O)O)CS[C@@H]2C(NC(=O)C(=NOC3CCCC3)c3csc(NC(=O)C(F)(F)F)n3)C(=O)N2C1)=NO. The lowest BCUT2D eigenvalue weighted by Gasteiger charge is -2.53. The van der Waals surface area contributed by atoms with E-state index in [2.05, 4.69) is 36.1 Å². The molecule has 3 aliphatic rings. The fourth-order valence-corrected chi connectivity index (χ4v) is 8.36. The highest BCUT2D eigenvalue weighted by Crippen LogP contribution is 2.44. The van der Waals surface area contributed by atoms with Gasteiger partial charge in [0.2, 0.25) is 11.1 Å². The van der Waals surface area contributed by atoms with Gasteiger partial charge in [-0.15, -0.1) is 28.2 Å². The number of rotatable bonds is 13. The number of carbonyl (C=O) groups excluding carboxylic acids is 3. The number of anilines is 1.